The molecule has 2 heteroatoms. The van der Waals surface area contributed by atoms with Crippen LogP contribution < -0.4 is 0 Å². The van der Waals surface area contributed by atoms with Gasteiger partial charge in [0, 0.05) is 7.11 Å². The van der Waals surface area contributed by atoms with Gasteiger partial charge in [-0.05, 0) is 63.5 Å². The Morgan fingerprint density at radius 1 is 1.26 bits per heavy atom. The van der Waals surface area contributed by atoms with Crippen LogP contribution in [-0.4, -0.2) is 17.8 Å². The average Bonchev–Trinajstić information content (AvgIpc) is 2.58. The predicted octanol–water partition coefficient (Wildman–Crippen LogP) is 3.81. The molecule has 0 saturated heterocycles. The topological polar surface area (TPSA) is 29.5 Å². The summed E-state index contributed by atoms with van der Waals surface area (Å²) < 4.78 is 5.48. The molecule has 0 heterocycles. The van der Waals surface area contributed by atoms with Gasteiger partial charge < -0.3 is 9.84 Å². The van der Waals surface area contributed by atoms with Crippen LogP contribution in [0, 0.1) is 0 Å². The molecule has 1 aliphatic carbocycles. The van der Waals surface area contributed by atoms with Crippen molar-refractivity contribution in [2.75, 3.05) is 7.11 Å². The summed E-state index contributed by atoms with van der Waals surface area (Å²) in [7, 11) is 1.74. The van der Waals surface area contributed by atoms with E-state index in [9.17, 15) is 5.11 Å². The van der Waals surface area contributed by atoms with E-state index in [1.807, 2.05) is 6.07 Å². The minimum atomic E-state index is -0.678. The molecule has 106 valence electrons. The molecule has 0 fully saturated rings. The van der Waals surface area contributed by atoms with Crippen molar-refractivity contribution in [2.24, 2.45) is 0 Å². The standard InChI is InChI=1S/C17H26O2/c1-16(2,19-3)12-13-17(18)11-7-6-9-14-8-4-5-10-15(14)17/h4-5,8,10,18H,6-7,9,11-13H2,1-3H3. The first-order valence-electron chi connectivity index (χ1n) is 7.33. The molecule has 0 aromatic heterocycles. The quantitative estimate of drug-likeness (QED) is 0.836. The summed E-state index contributed by atoms with van der Waals surface area (Å²) >= 11 is 0. The van der Waals surface area contributed by atoms with Crippen molar-refractivity contribution in [3.05, 3.63) is 35.4 Å². The molecular formula is C17H26O2. The highest BCUT2D eigenvalue weighted by atomic mass is 16.5. The highest BCUT2D eigenvalue weighted by Gasteiger charge is 2.34. The first kappa shape index (κ1) is 14.5. The van der Waals surface area contributed by atoms with E-state index in [4.69, 9.17) is 4.74 Å². The van der Waals surface area contributed by atoms with Gasteiger partial charge in [0.2, 0.25) is 0 Å². The third-order valence-electron chi connectivity index (χ3n) is 4.50. The molecular weight excluding hydrogens is 236 g/mol. The number of aryl methyl sites for hydroxylation is 1. The molecule has 0 spiro atoms. The Labute approximate surface area is 116 Å². The van der Waals surface area contributed by atoms with E-state index in [0.717, 1.165) is 37.7 Å². The second kappa shape index (κ2) is 5.64. The van der Waals surface area contributed by atoms with E-state index < -0.39 is 5.60 Å². The third kappa shape index (κ3) is 3.37. The van der Waals surface area contributed by atoms with Crippen molar-refractivity contribution in [1.29, 1.82) is 0 Å². The lowest BCUT2D eigenvalue weighted by molar-refractivity contribution is -0.0329. The number of hydrogen-bond donors (Lipinski definition) is 1. The SMILES string of the molecule is COC(C)(C)CCC1(O)CCCCc2ccccc21. The molecule has 19 heavy (non-hydrogen) atoms. The van der Waals surface area contributed by atoms with Crippen LogP contribution in [0.5, 0.6) is 0 Å². The zero-order valence-electron chi connectivity index (χ0n) is 12.4. The van der Waals surface area contributed by atoms with Crippen molar-refractivity contribution in [3.63, 3.8) is 0 Å². The molecule has 1 unspecified atom stereocenters. The van der Waals surface area contributed by atoms with E-state index in [0.29, 0.717) is 0 Å². The highest BCUT2D eigenvalue weighted by molar-refractivity contribution is 5.33. The van der Waals surface area contributed by atoms with Crippen molar-refractivity contribution in [1.82, 2.24) is 0 Å². The van der Waals surface area contributed by atoms with E-state index in [1.165, 1.54) is 12.0 Å². The van der Waals surface area contributed by atoms with Crippen LogP contribution in [0.1, 0.15) is 57.1 Å². The van der Waals surface area contributed by atoms with Gasteiger partial charge in [0.1, 0.15) is 0 Å². The molecule has 0 amide bonds. The summed E-state index contributed by atoms with van der Waals surface area (Å²) in [4.78, 5) is 0. The van der Waals surface area contributed by atoms with Gasteiger partial charge in [0.05, 0.1) is 11.2 Å². The first-order chi connectivity index (χ1) is 8.97. The van der Waals surface area contributed by atoms with E-state index >= 15 is 0 Å². The highest BCUT2D eigenvalue weighted by Crippen LogP contribution is 2.39. The first-order valence-corrected chi connectivity index (χ1v) is 7.33. The number of benzene rings is 1. The maximum atomic E-state index is 11.1. The fraction of sp³-hybridized carbons (Fsp3) is 0.647. The Bertz CT molecular complexity index is 425. The summed E-state index contributed by atoms with van der Waals surface area (Å²) in [6.45, 7) is 4.16. The monoisotopic (exact) mass is 262 g/mol. The normalized spacial score (nSPS) is 23.8. The fourth-order valence-corrected chi connectivity index (χ4v) is 2.93. The lowest BCUT2D eigenvalue weighted by atomic mass is 9.82. The minimum absolute atomic E-state index is 0.170. The number of rotatable bonds is 4. The van der Waals surface area contributed by atoms with Crippen LogP contribution in [0.4, 0.5) is 0 Å². The van der Waals surface area contributed by atoms with E-state index in [2.05, 4.69) is 32.0 Å². The number of ether oxygens (including phenoxy) is 1. The molecule has 0 saturated carbocycles. The van der Waals surface area contributed by atoms with Crippen LogP contribution in [0.15, 0.2) is 24.3 Å². The van der Waals surface area contributed by atoms with Gasteiger partial charge in [-0.1, -0.05) is 24.3 Å². The summed E-state index contributed by atoms with van der Waals surface area (Å²) in [6, 6.07) is 8.37. The lowest BCUT2D eigenvalue weighted by Gasteiger charge is -2.33. The summed E-state index contributed by atoms with van der Waals surface area (Å²) in [5, 5.41) is 11.1. The zero-order valence-corrected chi connectivity index (χ0v) is 12.4. The Balaban J connectivity index is 2.22. The number of aliphatic hydroxyl groups is 1. The largest absolute Gasteiger partial charge is 0.385 e. The van der Waals surface area contributed by atoms with Crippen LogP contribution in [0.3, 0.4) is 0 Å². The Hall–Kier alpha value is -0.860. The molecule has 0 radical (unpaired) electrons. The van der Waals surface area contributed by atoms with Gasteiger partial charge in [-0.15, -0.1) is 0 Å². The van der Waals surface area contributed by atoms with Crippen LogP contribution in [0.2, 0.25) is 0 Å². The molecule has 0 aliphatic heterocycles. The van der Waals surface area contributed by atoms with Gasteiger partial charge in [-0.25, -0.2) is 0 Å². The maximum Gasteiger partial charge on any atom is 0.0900 e. The Kier molecular flexibility index (Phi) is 4.32. The number of fused-ring (bicyclic) bond motifs is 1. The third-order valence-corrected chi connectivity index (χ3v) is 4.50. The lowest BCUT2D eigenvalue weighted by Crippen LogP contribution is -2.31. The fourth-order valence-electron chi connectivity index (χ4n) is 2.93. The molecule has 2 nitrogen and oxygen atoms in total. The van der Waals surface area contributed by atoms with Crippen molar-refractivity contribution >= 4 is 0 Å². The molecule has 2 rings (SSSR count). The minimum Gasteiger partial charge on any atom is -0.385 e. The molecule has 1 aromatic rings. The zero-order chi connectivity index (χ0) is 13.9. The molecule has 0 bridgehead atoms. The smallest absolute Gasteiger partial charge is 0.0900 e. The van der Waals surface area contributed by atoms with Crippen LogP contribution in [-0.2, 0) is 16.8 Å². The number of methoxy groups -OCH3 is 1. The number of hydrogen-bond acceptors (Lipinski definition) is 2. The molecule has 1 N–H and O–H groups in total. The van der Waals surface area contributed by atoms with E-state index in [1.54, 1.807) is 7.11 Å². The van der Waals surface area contributed by atoms with Gasteiger partial charge in [-0.3, -0.25) is 0 Å². The van der Waals surface area contributed by atoms with Crippen LogP contribution in [0.25, 0.3) is 0 Å². The predicted molar refractivity (Wildman–Crippen MR) is 78.2 cm³/mol. The van der Waals surface area contributed by atoms with Gasteiger partial charge in [-0.2, -0.15) is 0 Å². The van der Waals surface area contributed by atoms with Crippen LogP contribution >= 0.6 is 0 Å². The molecule has 1 atom stereocenters. The second-order valence-electron chi connectivity index (χ2n) is 6.36. The van der Waals surface area contributed by atoms with Crippen molar-refractivity contribution in [3.8, 4) is 0 Å². The maximum absolute atomic E-state index is 11.1. The van der Waals surface area contributed by atoms with Crippen molar-refractivity contribution < 1.29 is 9.84 Å². The second-order valence-corrected chi connectivity index (χ2v) is 6.36. The van der Waals surface area contributed by atoms with E-state index in [-0.39, 0.29) is 5.60 Å². The molecule has 1 aliphatic rings. The molecule has 1 aromatic carbocycles. The Morgan fingerprint density at radius 2 is 2.00 bits per heavy atom. The Morgan fingerprint density at radius 3 is 2.74 bits per heavy atom. The van der Waals surface area contributed by atoms with Gasteiger partial charge in [0.15, 0.2) is 0 Å². The van der Waals surface area contributed by atoms with Gasteiger partial charge in [0.25, 0.3) is 0 Å². The summed E-state index contributed by atoms with van der Waals surface area (Å²) in [5.74, 6) is 0. The summed E-state index contributed by atoms with van der Waals surface area (Å²) in [6.07, 6.45) is 5.86. The average molecular weight is 262 g/mol. The summed E-state index contributed by atoms with van der Waals surface area (Å²) in [5.41, 5.74) is 1.61. The van der Waals surface area contributed by atoms with Crippen molar-refractivity contribution in [2.45, 2.75) is 63.6 Å². The van der Waals surface area contributed by atoms with Gasteiger partial charge >= 0.3 is 0 Å².